The first-order valence-electron chi connectivity index (χ1n) is 9.65. The Labute approximate surface area is 185 Å². The van der Waals surface area contributed by atoms with Crippen LogP contribution in [-0.2, 0) is 21.4 Å². The van der Waals surface area contributed by atoms with Gasteiger partial charge in [0.2, 0.25) is 10.0 Å². The third-order valence-electron chi connectivity index (χ3n) is 4.75. The minimum Gasteiger partial charge on any atom is -0.480 e. The number of aliphatic carboxylic acids is 1. The molecule has 5 N–H and O–H groups in total. The lowest BCUT2D eigenvalue weighted by atomic mass is 10.1. The molecule has 2 aromatic rings. The standard InChI is InChI=1S/C20H25N5O6S/c1-14-9-10-16(25(28)29)12-18(14)32(30,31)24(13-15-6-3-2-4-7-15)17(19(26)27)8-5-11-23-20(21)22/h2-4,6-7,9-10,12,17H,5,8,11,13H2,1H3,(H,26,27)(H4,21,22,23). The van der Waals surface area contributed by atoms with Crippen molar-refractivity contribution in [3.63, 3.8) is 0 Å². The van der Waals surface area contributed by atoms with Gasteiger partial charge in [-0.25, -0.2) is 8.42 Å². The van der Waals surface area contributed by atoms with E-state index in [0.717, 1.165) is 10.4 Å². The van der Waals surface area contributed by atoms with Gasteiger partial charge in [-0.3, -0.25) is 20.3 Å². The second-order valence-corrected chi connectivity index (χ2v) is 8.94. The molecule has 0 aliphatic heterocycles. The fourth-order valence-electron chi connectivity index (χ4n) is 3.14. The van der Waals surface area contributed by atoms with E-state index in [1.54, 1.807) is 30.3 Å². The van der Waals surface area contributed by atoms with Gasteiger partial charge in [0.15, 0.2) is 5.96 Å². The number of nitrogens with zero attached hydrogens (tertiary/aromatic N) is 2. The van der Waals surface area contributed by atoms with Crippen LogP contribution in [0.2, 0.25) is 0 Å². The van der Waals surface area contributed by atoms with E-state index < -0.39 is 32.6 Å². The molecular formula is C20H25N5O6S. The molecule has 0 bridgehead atoms. The van der Waals surface area contributed by atoms with Crippen LogP contribution in [0, 0.1) is 22.4 Å². The quantitative estimate of drug-likeness (QED) is 0.128. The minimum atomic E-state index is -4.42. The minimum absolute atomic E-state index is 0.0599. The fraction of sp³-hybridized carbons (Fsp3) is 0.300. The molecular weight excluding hydrogens is 438 g/mol. The van der Waals surface area contributed by atoms with Gasteiger partial charge in [0.1, 0.15) is 6.04 Å². The van der Waals surface area contributed by atoms with E-state index >= 15 is 0 Å². The molecule has 1 unspecified atom stereocenters. The summed E-state index contributed by atoms with van der Waals surface area (Å²) >= 11 is 0. The van der Waals surface area contributed by atoms with Gasteiger partial charge in [0.25, 0.3) is 5.69 Å². The third kappa shape index (κ3) is 6.25. The number of rotatable bonds is 11. The first-order valence-corrected chi connectivity index (χ1v) is 11.1. The van der Waals surface area contributed by atoms with Crippen LogP contribution in [0.25, 0.3) is 0 Å². The number of guanidine groups is 1. The molecule has 0 spiro atoms. The number of nitrogens with one attached hydrogen (secondary N) is 2. The Balaban J connectivity index is 2.51. The van der Waals surface area contributed by atoms with Crippen molar-refractivity contribution in [2.24, 2.45) is 5.73 Å². The lowest BCUT2D eigenvalue weighted by Gasteiger charge is -2.29. The lowest BCUT2D eigenvalue weighted by molar-refractivity contribution is -0.385. The number of aryl methyl sites for hydroxylation is 1. The SMILES string of the molecule is Cc1ccc([N+](=O)[O-])cc1S(=O)(=O)N(Cc1ccccc1)C(CCCNC(=N)N)C(=O)O. The summed E-state index contributed by atoms with van der Waals surface area (Å²) in [5.74, 6) is -1.63. The van der Waals surface area contributed by atoms with E-state index in [1.807, 2.05) is 0 Å². The molecule has 0 saturated heterocycles. The first kappa shape index (κ1) is 24.8. The summed E-state index contributed by atoms with van der Waals surface area (Å²) in [7, 11) is -4.42. The van der Waals surface area contributed by atoms with Crippen LogP contribution in [0.4, 0.5) is 5.69 Å². The van der Waals surface area contributed by atoms with Crippen molar-refractivity contribution in [2.45, 2.75) is 37.2 Å². The number of carbonyl (C=O) groups is 1. The molecule has 2 rings (SSSR count). The van der Waals surface area contributed by atoms with Gasteiger partial charge in [0, 0.05) is 25.2 Å². The molecule has 11 nitrogen and oxygen atoms in total. The van der Waals surface area contributed by atoms with Crippen LogP contribution < -0.4 is 11.1 Å². The molecule has 0 fully saturated rings. The number of nitro groups is 1. The van der Waals surface area contributed by atoms with Crippen molar-refractivity contribution in [3.8, 4) is 0 Å². The number of carboxylic acid groups (broad SMARTS) is 1. The van der Waals surface area contributed by atoms with E-state index in [-0.39, 0.29) is 42.3 Å². The Hall–Kier alpha value is -3.51. The smallest absolute Gasteiger partial charge is 0.322 e. The summed E-state index contributed by atoms with van der Waals surface area (Å²) in [6.07, 6.45) is 0.168. The lowest BCUT2D eigenvalue weighted by Crippen LogP contribution is -2.45. The molecule has 2 aromatic carbocycles. The van der Waals surface area contributed by atoms with Crippen molar-refractivity contribution >= 4 is 27.6 Å². The zero-order valence-electron chi connectivity index (χ0n) is 17.4. The maximum Gasteiger partial charge on any atom is 0.322 e. The van der Waals surface area contributed by atoms with Crippen LogP contribution in [0.1, 0.15) is 24.0 Å². The second kappa shape index (κ2) is 10.7. The molecule has 0 aliphatic carbocycles. The number of hydrogen-bond acceptors (Lipinski definition) is 6. The zero-order valence-corrected chi connectivity index (χ0v) is 18.2. The molecule has 172 valence electrons. The number of sulfonamides is 1. The van der Waals surface area contributed by atoms with Gasteiger partial charge in [-0.15, -0.1) is 0 Å². The van der Waals surface area contributed by atoms with Gasteiger partial charge >= 0.3 is 5.97 Å². The van der Waals surface area contributed by atoms with Crippen LogP contribution in [0.15, 0.2) is 53.4 Å². The summed E-state index contributed by atoms with van der Waals surface area (Å²) in [6.45, 7) is 1.44. The van der Waals surface area contributed by atoms with E-state index in [1.165, 1.54) is 19.1 Å². The topological polar surface area (TPSA) is 180 Å². The van der Waals surface area contributed by atoms with Gasteiger partial charge in [-0.2, -0.15) is 4.31 Å². The van der Waals surface area contributed by atoms with Crippen molar-refractivity contribution < 1.29 is 23.2 Å². The summed E-state index contributed by atoms with van der Waals surface area (Å²) in [4.78, 5) is 22.3. The Kier molecular flexibility index (Phi) is 8.27. The molecule has 12 heteroatoms. The average Bonchev–Trinajstić information content (AvgIpc) is 2.72. The molecule has 0 aromatic heterocycles. The van der Waals surface area contributed by atoms with E-state index in [4.69, 9.17) is 11.1 Å². The number of non-ortho nitro benzene ring substituents is 1. The van der Waals surface area contributed by atoms with Crippen LogP contribution in [0.3, 0.4) is 0 Å². The van der Waals surface area contributed by atoms with Crippen LogP contribution in [0.5, 0.6) is 0 Å². The predicted octanol–water partition coefficient (Wildman–Crippen LogP) is 1.81. The molecule has 0 saturated carbocycles. The average molecular weight is 464 g/mol. The summed E-state index contributed by atoms with van der Waals surface area (Å²) < 4.78 is 28.0. The summed E-state index contributed by atoms with van der Waals surface area (Å²) in [5, 5.41) is 30.8. The fourth-order valence-corrected chi connectivity index (χ4v) is 4.99. The number of hydrogen-bond donors (Lipinski definition) is 4. The number of benzene rings is 2. The third-order valence-corrected chi connectivity index (χ3v) is 6.75. The normalized spacial score (nSPS) is 12.3. The highest BCUT2D eigenvalue weighted by Gasteiger charge is 2.37. The molecule has 1 atom stereocenters. The van der Waals surface area contributed by atoms with Crippen molar-refractivity contribution in [1.29, 1.82) is 5.41 Å². The predicted molar refractivity (Wildman–Crippen MR) is 118 cm³/mol. The van der Waals surface area contributed by atoms with Crippen LogP contribution >= 0.6 is 0 Å². The highest BCUT2D eigenvalue weighted by Crippen LogP contribution is 2.28. The Morgan fingerprint density at radius 1 is 1.28 bits per heavy atom. The Morgan fingerprint density at radius 3 is 2.50 bits per heavy atom. The first-order chi connectivity index (χ1) is 15.0. The van der Waals surface area contributed by atoms with Crippen molar-refractivity contribution in [2.75, 3.05) is 6.54 Å². The highest BCUT2D eigenvalue weighted by atomic mass is 32.2. The number of nitrogens with two attached hydrogens (primary N) is 1. The Bertz CT molecular complexity index is 1090. The molecule has 0 heterocycles. The van der Waals surface area contributed by atoms with E-state index in [0.29, 0.717) is 5.56 Å². The van der Waals surface area contributed by atoms with Gasteiger partial charge in [0.05, 0.1) is 9.82 Å². The van der Waals surface area contributed by atoms with E-state index in [9.17, 15) is 28.4 Å². The van der Waals surface area contributed by atoms with Gasteiger partial charge in [-0.05, 0) is 30.9 Å². The highest BCUT2D eigenvalue weighted by molar-refractivity contribution is 7.89. The molecule has 0 amide bonds. The van der Waals surface area contributed by atoms with Gasteiger partial charge in [-0.1, -0.05) is 36.4 Å². The maximum absolute atomic E-state index is 13.6. The second-order valence-electron chi connectivity index (χ2n) is 7.08. The Morgan fingerprint density at radius 2 is 1.94 bits per heavy atom. The van der Waals surface area contributed by atoms with Crippen LogP contribution in [-0.4, -0.2) is 47.3 Å². The zero-order chi connectivity index (χ0) is 23.9. The van der Waals surface area contributed by atoms with Crippen molar-refractivity contribution in [1.82, 2.24) is 9.62 Å². The largest absolute Gasteiger partial charge is 0.480 e. The molecule has 0 aliphatic rings. The number of nitro benzene ring substituents is 1. The van der Waals surface area contributed by atoms with E-state index in [2.05, 4.69) is 5.32 Å². The monoisotopic (exact) mass is 463 g/mol. The summed E-state index contributed by atoms with van der Waals surface area (Å²) in [5.41, 5.74) is 5.64. The van der Waals surface area contributed by atoms with Crippen molar-refractivity contribution in [3.05, 3.63) is 69.8 Å². The molecule has 32 heavy (non-hydrogen) atoms. The molecule has 0 radical (unpaired) electrons. The maximum atomic E-state index is 13.6. The van der Waals surface area contributed by atoms with Gasteiger partial charge < -0.3 is 16.2 Å². The summed E-state index contributed by atoms with van der Waals surface area (Å²) in [6, 6.07) is 10.5. The number of carboxylic acids is 1.